The lowest BCUT2D eigenvalue weighted by atomic mass is 9.70. The summed E-state index contributed by atoms with van der Waals surface area (Å²) in [7, 11) is 0. The number of fused-ring (bicyclic) bond motifs is 17. The van der Waals surface area contributed by atoms with Crippen molar-refractivity contribution < 1.29 is 4.42 Å². The molecule has 11 aromatic rings. The molecule has 1 atom stereocenters. The summed E-state index contributed by atoms with van der Waals surface area (Å²) in [5.74, 6) is 1.35. The minimum Gasteiger partial charge on any atom is -0.455 e. The smallest absolute Gasteiger partial charge is 0.211 e. The molecule has 3 heterocycles. The number of furan rings is 1. The van der Waals surface area contributed by atoms with Gasteiger partial charge in [-0.05, 0) is 68.3 Å². The molecular formula is C58H36N4O. The molecule has 0 fully saturated rings. The molecule has 0 saturated heterocycles. The Morgan fingerprint density at radius 2 is 1.10 bits per heavy atom. The van der Waals surface area contributed by atoms with E-state index in [9.17, 15) is 0 Å². The third-order valence-electron chi connectivity index (χ3n) is 13.7. The molecule has 0 saturated carbocycles. The Hall–Kier alpha value is -8.28. The molecule has 1 aliphatic heterocycles. The molecule has 14 rings (SSSR count). The summed E-state index contributed by atoms with van der Waals surface area (Å²) < 4.78 is 9.11. The van der Waals surface area contributed by atoms with Gasteiger partial charge in [0.05, 0.1) is 16.4 Å². The minimum atomic E-state index is -0.474. The van der Waals surface area contributed by atoms with Gasteiger partial charge in [-0.15, -0.1) is 0 Å². The van der Waals surface area contributed by atoms with Gasteiger partial charge in [0.25, 0.3) is 0 Å². The SMILES string of the molecule is c1ccc(-c2cccc3c2oc2cc(C4=NC(c5ccccc5)NC(n5c6ccccc6c6ccc7c(c65)-c5ccccc5C75c6ccccc6-c6ccccc65)=N4)ccc23)cc1. The molecule has 0 bridgehead atoms. The molecule has 63 heavy (non-hydrogen) atoms. The highest BCUT2D eigenvalue weighted by Crippen LogP contribution is 2.64. The summed E-state index contributed by atoms with van der Waals surface area (Å²) in [6.07, 6.45) is -0.398. The Bertz CT molecular complexity index is 3730. The molecule has 5 nitrogen and oxygen atoms in total. The molecule has 1 N–H and O–H groups in total. The van der Waals surface area contributed by atoms with Crippen molar-refractivity contribution in [1.29, 1.82) is 0 Å². The average molecular weight is 805 g/mol. The number of hydrogen-bond acceptors (Lipinski definition) is 4. The highest BCUT2D eigenvalue weighted by Gasteiger charge is 2.52. The van der Waals surface area contributed by atoms with Gasteiger partial charge in [0, 0.05) is 38.2 Å². The fourth-order valence-corrected chi connectivity index (χ4v) is 11.1. The Morgan fingerprint density at radius 1 is 0.476 bits per heavy atom. The van der Waals surface area contributed by atoms with Crippen LogP contribution in [0, 0.1) is 0 Å². The van der Waals surface area contributed by atoms with E-state index in [2.05, 4.69) is 204 Å². The van der Waals surface area contributed by atoms with Gasteiger partial charge in [-0.25, -0.2) is 4.99 Å². The lowest BCUT2D eigenvalue weighted by Gasteiger charge is -2.30. The minimum absolute atomic E-state index is 0.398. The van der Waals surface area contributed by atoms with Gasteiger partial charge in [-0.1, -0.05) is 188 Å². The van der Waals surface area contributed by atoms with Crippen molar-refractivity contribution in [1.82, 2.24) is 9.88 Å². The van der Waals surface area contributed by atoms with Crippen LogP contribution in [0.3, 0.4) is 0 Å². The van der Waals surface area contributed by atoms with Crippen LogP contribution < -0.4 is 5.32 Å². The van der Waals surface area contributed by atoms with E-state index in [1.807, 2.05) is 12.1 Å². The van der Waals surface area contributed by atoms with E-state index in [0.29, 0.717) is 5.84 Å². The molecule has 294 valence electrons. The fraction of sp³-hybridized carbons (Fsp3) is 0.0345. The zero-order chi connectivity index (χ0) is 41.2. The second-order valence-corrected chi connectivity index (χ2v) is 16.8. The van der Waals surface area contributed by atoms with E-state index in [-0.39, 0.29) is 0 Å². The maximum absolute atomic E-state index is 6.75. The second-order valence-electron chi connectivity index (χ2n) is 16.8. The normalized spacial score (nSPS) is 15.6. The first-order valence-electron chi connectivity index (χ1n) is 21.6. The van der Waals surface area contributed by atoms with Crippen molar-refractivity contribution in [3.8, 4) is 33.4 Å². The number of benzene rings is 9. The van der Waals surface area contributed by atoms with E-state index in [0.717, 1.165) is 61.2 Å². The predicted molar refractivity (Wildman–Crippen MR) is 257 cm³/mol. The van der Waals surface area contributed by atoms with Gasteiger partial charge in [0.2, 0.25) is 5.96 Å². The van der Waals surface area contributed by atoms with Crippen molar-refractivity contribution in [3.63, 3.8) is 0 Å². The van der Waals surface area contributed by atoms with Crippen LogP contribution in [0.4, 0.5) is 0 Å². The van der Waals surface area contributed by atoms with Gasteiger partial charge in [0.1, 0.15) is 17.3 Å². The van der Waals surface area contributed by atoms with Crippen molar-refractivity contribution in [2.45, 2.75) is 11.6 Å². The molecule has 9 aromatic carbocycles. The lowest BCUT2D eigenvalue weighted by Crippen LogP contribution is -2.37. The Morgan fingerprint density at radius 3 is 1.87 bits per heavy atom. The summed E-state index contributed by atoms with van der Waals surface area (Å²) in [6, 6.07) is 74.2. The van der Waals surface area contributed by atoms with Gasteiger partial charge in [0.15, 0.2) is 5.84 Å². The number of para-hydroxylation sites is 2. The van der Waals surface area contributed by atoms with Crippen molar-refractivity contribution in [3.05, 3.63) is 240 Å². The predicted octanol–water partition coefficient (Wildman–Crippen LogP) is 13.7. The second kappa shape index (κ2) is 12.9. The van der Waals surface area contributed by atoms with Gasteiger partial charge < -0.3 is 9.73 Å². The monoisotopic (exact) mass is 804 g/mol. The number of aromatic nitrogens is 1. The summed E-state index contributed by atoms with van der Waals surface area (Å²) in [5.41, 5.74) is 17.8. The van der Waals surface area contributed by atoms with Crippen LogP contribution in [0.2, 0.25) is 0 Å². The first-order valence-corrected chi connectivity index (χ1v) is 21.6. The summed E-state index contributed by atoms with van der Waals surface area (Å²) in [5, 5.41) is 8.34. The van der Waals surface area contributed by atoms with E-state index in [1.54, 1.807) is 0 Å². The van der Waals surface area contributed by atoms with Crippen LogP contribution >= 0.6 is 0 Å². The molecule has 0 radical (unpaired) electrons. The Labute approximate surface area is 362 Å². The number of aliphatic imine (C=N–C) groups is 2. The van der Waals surface area contributed by atoms with Crippen LogP contribution in [0.1, 0.15) is 39.5 Å². The highest BCUT2D eigenvalue weighted by atomic mass is 16.3. The molecule has 1 unspecified atom stereocenters. The van der Waals surface area contributed by atoms with E-state index in [1.165, 1.54) is 55.3 Å². The molecule has 1 spiro atoms. The van der Waals surface area contributed by atoms with E-state index in [4.69, 9.17) is 14.4 Å². The number of hydrogen-bond donors (Lipinski definition) is 1. The summed E-state index contributed by atoms with van der Waals surface area (Å²) in [4.78, 5) is 10.9. The largest absolute Gasteiger partial charge is 0.455 e. The van der Waals surface area contributed by atoms with Gasteiger partial charge in [-0.3, -0.25) is 4.57 Å². The quantitative estimate of drug-likeness (QED) is 0.193. The Kier molecular flexibility index (Phi) is 7.03. The molecular weight excluding hydrogens is 769 g/mol. The fourth-order valence-electron chi connectivity index (χ4n) is 11.1. The maximum atomic E-state index is 6.75. The standard InChI is InChI=1S/C58H36N4O/c1-3-16-35(17-4-1)38-24-15-25-44-42-31-30-37(34-51(42)63-54(38)44)56-59-55(36-18-5-2-6-19-36)60-57(61-56)62-50-29-14-10-22-41(50)43-32-33-49-52(53(43)62)45-23-9-13-28-48(45)58(49)46-26-11-7-20-39(46)40-21-8-12-27-47(40)58/h1-34,55H,(H,59,60,61). The zero-order valence-corrected chi connectivity index (χ0v) is 34.0. The van der Waals surface area contributed by atoms with Crippen LogP contribution in [0.15, 0.2) is 221 Å². The third-order valence-corrected chi connectivity index (χ3v) is 13.7. The first-order chi connectivity index (χ1) is 31.3. The highest BCUT2D eigenvalue weighted by molar-refractivity contribution is 6.22. The van der Waals surface area contributed by atoms with Crippen molar-refractivity contribution in [2.75, 3.05) is 0 Å². The Balaban J connectivity index is 1.03. The van der Waals surface area contributed by atoms with Gasteiger partial charge in [-0.2, -0.15) is 4.99 Å². The number of rotatable bonds is 3. The number of nitrogens with zero attached hydrogens (tertiary/aromatic N) is 3. The lowest BCUT2D eigenvalue weighted by molar-refractivity contribution is 0.660. The topological polar surface area (TPSA) is 54.8 Å². The molecule has 2 aromatic heterocycles. The van der Waals surface area contributed by atoms with Crippen molar-refractivity contribution >= 4 is 55.5 Å². The number of nitrogens with one attached hydrogen (secondary N) is 1. The number of amidine groups is 1. The first kappa shape index (κ1) is 34.4. The zero-order valence-electron chi connectivity index (χ0n) is 34.0. The van der Waals surface area contributed by atoms with Crippen LogP contribution in [0.25, 0.3) is 77.1 Å². The third kappa shape index (κ3) is 4.65. The average Bonchev–Trinajstić information content (AvgIpc) is 4.08. The summed E-state index contributed by atoms with van der Waals surface area (Å²) in [6.45, 7) is 0. The van der Waals surface area contributed by atoms with Crippen LogP contribution in [-0.2, 0) is 5.41 Å². The van der Waals surface area contributed by atoms with Crippen molar-refractivity contribution in [2.24, 2.45) is 9.98 Å². The van der Waals surface area contributed by atoms with E-state index < -0.39 is 11.6 Å². The summed E-state index contributed by atoms with van der Waals surface area (Å²) >= 11 is 0. The molecule has 3 aliphatic rings. The molecule has 5 heteroatoms. The van der Waals surface area contributed by atoms with Crippen LogP contribution in [-0.4, -0.2) is 16.4 Å². The maximum Gasteiger partial charge on any atom is 0.211 e. The molecule has 0 amide bonds. The van der Waals surface area contributed by atoms with E-state index >= 15 is 0 Å². The molecule has 2 aliphatic carbocycles. The van der Waals surface area contributed by atoms with Gasteiger partial charge >= 0.3 is 0 Å². The van der Waals surface area contributed by atoms with Crippen LogP contribution in [0.5, 0.6) is 0 Å².